The van der Waals surface area contributed by atoms with E-state index in [9.17, 15) is 49.0 Å². The predicted octanol–water partition coefficient (Wildman–Crippen LogP) is 8.12. The summed E-state index contributed by atoms with van der Waals surface area (Å²) in [6.45, 7) is 8.50. The monoisotopic (exact) mass is 1010 g/mol. The molecule has 0 aromatic rings. The zero-order valence-corrected chi connectivity index (χ0v) is 44.2. The third-order valence-corrected chi connectivity index (χ3v) is 24.1. The van der Waals surface area contributed by atoms with Crippen LogP contribution in [0.4, 0.5) is 0 Å². The van der Waals surface area contributed by atoms with Gasteiger partial charge in [0.25, 0.3) is 0 Å². The highest BCUT2D eigenvalue weighted by atomic mass is 32.2. The van der Waals surface area contributed by atoms with E-state index in [0.29, 0.717) is 5.75 Å². The lowest BCUT2D eigenvalue weighted by Gasteiger charge is -2.52. The summed E-state index contributed by atoms with van der Waals surface area (Å²) in [5.74, 6) is 0.386. The number of sulfone groups is 3. The van der Waals surface area contributed by atoms with Crippen LogP contribution in [0.3, 0.4) is 0 Å². The Labute approximate surface area is 395 Å². The van der Waals surface area contributed by atoms with Gasteiger partial charge >= 0.3 is 25.5 Å². The number of carbonyl (C=O) groups is 4. The lowest BCUT2D eigenvalue weighted by Crippen LogP contribution is -2.46. The van der Waals surface area contributed by atoms with Crippen molar-refractivity contribution in [2.24, 2.45) is 32.5 Å². The minimum Gasteiger partial charge on any atom is -0.469 e. The van der Waals surface area contributed by atoms with E-state index in [-0.39, 0.29) is 80.9 Å². The third-order valence-electron chi connectivity index (χ3n) is 16.0. The van der Waals surface area contributed by atoms with E-state index in [1.165, 1.54) is 33.7 Å². The first kappa shape index (κ1) is 58.1. The number of fused-ring (bicyclic) bond motifs is 9. The highest BCUT2D eigenvalue weighted by molar-refractivity contribution is 7.97. The van der Waals surface area contributed by atoms with Gasteiger partial charge in [0.1, 0.15) is 16.1 Å². The molecule has 0 aromatic carbocycles. The van der Waals surface area contributed by atoms with E-state index in [4.69, 9.17) is 23.3 Å². The Morgan fingerprint density at radius 2 is 0.864 bits per heavy atom. The summed E-state index contributed by atoms with van der Waals surface area (Å²) in [5, 5.41) is 1.38. The van der Waals surface area contributed by atoms with Crippen LogP contribution >= 0.6 is 7.60 Å². The number of methoxy groups -OCH3 is 3. The molecule has 0 aromatic heterocycles. The van der Waals surface area contributed by atoms with Gasteiger partial charge in [-0.2, -0.15) is 0 Å². The maximum atomic E-state index is 11.9. The van der Waals surface area contributed by atoms with Crippen molar-refractivity contribution >= 4 is 61.3 Å². The predicted molar refractivity (Wildman–Crippen MR) is 253 cm³/mol. The first-order chi connectivity index (χ1) is 30.8. The molecule has 9 rings (SSSR count). The molecule has 9 fully saturated rings. The highest BCUT2D eigenvalue weighted by Crippen LogP contribution is 2.60. The summed E-state index contributed by atoms with van der Waals surface area (Å²) >= 11 is 0. The fraction of sp³-hybridized carbons (Fsp3) is 0.870. The zero-order valence-electron chi connectivity index (χ0n) is 40.8. The fourth-order valence-corrected chi connectivity index (χ4v) is 16.6. The molecule has 0 radical (unpaired) electrons. The van der Waals surface area contributed by atoms with E-state index in [1.54, 1.807) is 27.7 Å². The van der Waals surface area contributed by atoms with Crippen molar-refractivity contribution in [1.29, 1.82) is 0 Å². The topological polar surface area (TPSA) is 234 Å². The minimum atomic E-state index is -3.45. The minimum absolute atomic E-state index is 0.0159. The molecular weight excluding hydrogens is 936 g/mol. The summed E-state index contributed by atoms with van der Waals surface area (Å²) in [5.41, 5.74) is -1.29. The smallest absolute Gasteiger partial charge is 0.345 e. The molecule has 9 aliphatic rings. The Balaban J connectivity index is 0.000000236. The third kappa shape index (κ3) is 14.7. The van der Waals surface area contributed by atoms with Crippen LogP contribution in [0.2, 0.25) is 0 Å². The lowest BCUT2D eigenvalue weighted by molar-refractivity contribution is -0.164. The van der Waals surface area contributed by atoms with E-state index >= 15 is 0 Å². The summed E-state index contributed by atoms with van der Waals surface area (Å²) in [7, 11) is -8.36. The molecule has 0 amide bonds. The molecule has 9 aliphatic carbocycles. The quantitative estimate of drug-likeness (QED) is 0.0546. The Hall–Kier alpha value is -2.18. The summed E-state index contributed by atoms with van der Waals surface area (Å²) in [4.78, 5) is 46.4. The average Bonchev–Trinajstić information content (AvgIpc) is 3.34. The Kier molecular flexibility index (Phi) is 20.8. The van der Waals surface area contributed by atoms with Crippen molar-refractivity contribution in [2.45, 2.75) is 157 Å². The second kappa shape index (κ2) is 23.6. The second-order valence-corrected chi connectivity index (χ2v) is 29.0. The summed E-state index contributed by atoms with van der Waals surface area (Å²) < 4.78 is 105. The van der Waals surface area contributed by atoms with Gasteiger partial charge in [-0.15, -0.1) is 0 Å². The van der Waals surface area contributed by atoms with Crippen molar-refractivity contribution in [1.82, 2.24) is 0 Å². The Morgan fingerprint density at radius 3 is 1.17 bits per heavy atom. The van der Waals surface area contributed by atoms with Crippen molar-refractivity contribution in [3.05, 3.63) is 11.5 Å². The van der Waals surface area contributed by atoms with Gasteiger partial charge in [-0.05, 0) is 147 Å². The standard InChI is InChI=1S/C14H24O4S.C14H22O4S.C11H16O3.C7H17O5PS/c2*1-3-19(16,17)11-10-13-4-7-14(8-5-13,9-6-13)12(15)18-2;1-14-9(13)11-5-2-10(8-12,3-6-11)4-7-11;1-4-11-13(8,12-5-2)7-14(9,10)6-3/h3-11H2,1-2H3;10-11H,3-9H2,1-2H3;8H,2-7H2,1H3;4-7H2,1-3H3/b;11-10+;;. The molecule has 66 heavy (non-hydrogen) atoms. The fourth-order valence-electron chi connectivity index (χ4n) is 10.8. The van der Waals surface area contributed by atoms with Gasteiger partial charge in [0.05, 0.1) is 62.3 Å². The van der Waals surface area contributed by atoms with Gasteiger partial charge < -0.3 is 28.1 Å². The van der Waals surface area contributed by atoms with Gasteiger partial charge in [0.15, 0.2) is 25.2 Å². The van der Waals surface area contributed by atoms with Crippen LogP contribution < -0.4 is 0 Å². The summed E-state index contributed by atoms with van der Waals surface area (Å²) in [6.07, 6.45) is 19.5. The average molecular weight is 1020 g/mol. The molecular formula is C46H79O16PS3. The van der Waals surface area contributed by atoms with Crippen molar-refractivity contribution in [3.63, 3.8) is 0 Å². The Bertz CT molecular complexity index is 2010. The van der Waals surface area contributed by atoms with E-state index in [1.807, 2.05) is 6.08 Å². The maximum Gasteiger partial charge on any atom is 0.345 e. The molecule has 382 valence electrons. The molecule has 6 bridgehead atoms. The first-order valence-electron chi connectivity index (χ1n) is 23.7. The molecule has 0 atom stereocenters. The number of rotatable bonds is 18. The van der Waals surface area contributed by atoms with Crippen LogP contribution in [0.5, 0.6) is 0 Å². The van der Waals surface area contributed by atoms with Crippen LogP contribution in [-0.4, -0.2) is 112 Å². The van der Waals surface area contributed by atoms with Gasteiger partial charge in [-0.1, -0.05) is 26.8 Å². The lowest BCUT2D eigenvalue weighted by atomic mass is 9.53. The van der Waals surface area contributed by atoms with Gasteiger partial charge in [0, 0.05) is 22.3 Å². The largest absolute Gasteiger partial charge is 0.469 e. The van der Waals surface area contributed by atoms with Gasteiger partial charge in [0.2, 0.25) is 0 Å². The summed E-state index contributed by atoms with van der Waals surface area (Å²) in [6, 6.07) is 0. The van der Waals surface area contributed by atoms with Gasteiger partial charge in [-0.3, -0.25) is 18.9 Å². The molecule has 9 saturated carbocycles. The SMILES string of the molecule is CCOP(=O)(CS(=O)(=O)CC)OCC.CCS(=O)(=O)/C=C/C12CCC(C(=O)OC)(CC1)CC2.CCS(=O)(=O)CCC12CCC(C(=O)OC)(CC1)CC2.COC(=O)C12CCC(C=O)(CC1)CC2. The number of allylic oxidation sites excluding steroid dienone is 1. The first-order valence-corrected chi connectivity index (χ1v) is 30.8. The Morgan fingerprint density at radius 1 is 0.515 bits per heavy atom. The van der Waals surface area contributed by atoms with E-state index < -0.39 is 42.6 Å². The number of hydrogen-bond acceptors (Lipinski definition) is 16. The van der Waals surface area contributed by atoms with E-state index in [0.717, 1.165) is 128 Å². The molecule has 0 N–H and O–H groups in total. The van der Waals surface area contributed by atoms with Crippen molar-refractivity contribution in [2.75, 3.05) is 63.0 Å². The van der Waals surface area contributed by atoms with Crippen molar-refractivity contribution in [3.8, 4) is 0 Å². The number of esters is 3. The number of hydrogen-bond donors (Lipinski definition) is 0. The van der Waals surface area contributed by atoms with Crippen LogP contribution in [0.1, 0.15) is 157 Å². The normalized spacial score (nSPS) is 31.2. The van der Waals surface area contributed by atoms with Crippen LogP contribution in [-0.2, 0) is 76.5 Å². The second-order valence-electron chi connectivity index (χ2n) is 19.5. The number of ether oxygens (including phenoxy) is 3. The molecule has 0 unspecified atom stereocenters. The molecule has 0 saturated heterocycles. The van der Waals surface area contributed by atoms with Crippen LogP contribution in [0.15, 0.2) is 11.5 Å². The molecule has 0 aliphatic heterocycles. The van der Waals surface area contributed by atoms with Gasteiger partial charge in [-0.25, -0.2) is 25.3 Å². The molecule has 0 heterocycles. The molecule has 16 nitrogen and oxygen atoms in total. The zero-order chi connectivity index (χ0) is 49.8. The molecule has 20 heteroatoms. The highest BCUT2D eigenvalue weighted by Gasteiger charge is 2.55. The van der Waals surface area contributed by atoms with Crippen molar-refractivity contribution < 1.29 is 72.3 Å². The van der Waals surface area contributed by atoms with E-state index in [2.05, 4.69) is 0 Å². The maximum absolute atomic E-state index is 11.9. The van der Waals surface area contributed by atoms with Crippen LogP contribution in [0.25, 0.3) is 0 Å². The van der Waals surface area contributed by atoms with Crippen LogP contribution in [0, 0.1) is 32.5 Å². The number of carbonyl (C=O) groups excluding carboxylic acids is 4. The number of aldehydes is 1. The molecule has 0 spiro atoms.